The maximum atomic E-state index is 5.23. The summed E-state index contributed by atoms with van der Waals surface area (Å²) < 4.78 is 2.40. The molecule has 230 valence electrons. The molecule has 1 fully saturated rings. The van der Waals surface area contributed by atoms with Crippen molar-refractivity contribution in [1.29, 1.82) is 0 Å². The number of aryl methyl sites for hydroxylation is 1. The van der Waals surface area contributed by atoms with Crippen molar-refractivity contribution >= 4 is 45.3 Å². The third-order valence-corrected chi connectivity index (χ3v) is 12.4. The fourth-order valence-corrected chi connectivity index (χ4v) is 10.5. The van der Waals surface area contributed by atoms with Gasteiger partial charge in [0.25, 0.3) is 0 Å². The van der Waals surface area contributed by atoms with Gasteiger partial charge < -0.3 is 0 Å². The first-order chi connectivity index (χ1) is 23.2. The molecular formula is C45H40N2. The van der Waals surface area contributed by atoms with Crippen LogP contribution in [0.4, 0.5) is 0 Å². The minimum atomic E-state index is 0.183. The molecule has 5 aromatic rings. The van der Waals surface area contributed by atoms with Crippen molar-refractivity contribution in [2.75, 3.05) is 0 Å². The molecule has 0 radical (unpaired) electrons. The van der Waals surface area contributed by atoms with E-state index in [0.717, 1.165) is 43.3 Å². The smallest absolute Gasteiger partial charge is 0.142 e. The van der Waals surface area contributed by atoms with Crippen molar-refractivity contribution in [3.8, 4) is 0 Å². The Morgan fingerprint density at radius 1 is 0.936 bits per heavy atom. The molecule has 0 aliphatic heterocycles. The molecule has 2 aromatic heterocycles. The third-order valence-electron chi connectivity index (χ3n) is 12.4. The molecule has 5 aliphatic carbocycles. The highest BCUT2D eigenvalue weighted by Crippen LogP contribution is 2.77. The van der Waals surface area contributed by atoms with Crippen LogP contribution >= 0.6 is 0 Å². The molecule has 1 saturated carbocycles. The maximum Gasteiger partial charge on any atom is 0.142 e. The quantitative estimate of drug-likeness (QED) is 0.186. The van der Waals surface area contributed by atoms with Crippen LogP contribution in [0.15, 0.2) is 125 Å². The molecule has 0 spiro atoms. The predicted octanol–water partition coefficient (Wildman–Crippen LogP) is 9.43. The molecule has 0 saturated heterocycles. The summed E-state index contributed by atoms with van der Waals surface area (Å²) in [6.07, 6.45) is 23.7. The topological polar surface area (TPSA) is 17.3 Å². The SMILES string of the molecule is C/C=C\CC12C(C)=C(C3=Cc4c(c5nc6ccccc6n5c5ccccc45)CC3)C3=CC=CCC3[C@@H]1C2C1=c2ccccc2=CCC1. The number of allylic oxidation sites excluding steroid dienone is 9. The van der Waals surface area contributed by atoms with Gasteiger partial charge in [0, 0.05) is 16.4 Å². The Kier molecular flexibility index (Phi) is 5.92. The highest BCUT2D eigenvalue weighted by Gasteiger charge is 2.70. The zero-order valence-electron chi connectivity index (χ0n) is 27.3. The van der Waals surface area contributed by atoms with Crippen molar-refractivity contribution in [2.24, 2.45) is 23.2 Å². The minimum absolute atomic E-state index is 0.183. The number of benzene rings is 3. The summed E-state index contributed by atoms with van der Waals surface area (Å²) in [6, 6.07) is 26.8. The molecule has 0 bridgehead atoms. The number of para-hydroxylation sites is 3. The van der Waals surface area contributed by atoms with Gasteiger partial charge in [-0.15, -0.1) is 0 Å². The van der Waals surface area contributed by atoms with Crippen LogP contribution in [0.2, 0.25) is 0 Å². The van der Waals surface area contributed by atoms with E-state index < -0.39 is 0 Å². The van der Waals surface area contributed by atoms with Gasteiger partial charge in [-0.25, -0.2) is 4.98 Å². The fourth-order valence-electron chi connectivity index (χ4n) is 10.5. The zero-order chi connectivity index (χ0) is 31.3. The number of rotatable bonds is 4. The van der Waals surface area contributed by atoms with Crippen LogP contribution in [0.5, 0.6) is 0 Å². The van der Waals surface area contributed by atoms with Gasteiger partial charge in [0.2, 0.25) is 0 Å². The second kappa shape index (κ2) is 10.2. The van der Waals surface area contributed by atoms with Gasteiger partial charge in [0.15, 0.2) is 0 Å². The number of pyridine rings is 1. The van der Waals surface area contributed by atoms with Crippen LogP contribution in [0, 0.1) is 23.2 Å². The fraction of sp³-hybridized carbons (Fsp3) is 0.267. The summed E-state index contributed by atoms with van der Waals surface area (Å²) >= 11 is 0. The Morgan fingerprint density at radius 2 is 1.77 bits per heavy atom. The highest BCUT2D eigenvalue weighted by atomic mass is 15.0. The van der Waals surface area contributed by atoms with E-state index in [1.54, 1.807) is 22.3 Å². The summed E-state index contributed by atoms with van der Waals surface area (Å²) in [4.78, 5) is 5.23. The molecule has 2 heterocycles. The number of fused-ring (bicyclic) bond motifs is 12. The van der Waals surface area contributed by atoms with E-state index in [9.17, 15) is 0 Å². The number of aromatic nitrogens is 2. The molecule has 2 nitrogen and oxygen atoms in total. The molecule has 5 aliphatic rings. The van der Waals surface area contributed by atoms with Gasteiger partial charge in [-0.2, -0.15) is 0 Å². The summed E-state index contributed by atoms with van der Waals surface area (Å²) in [5.74, 6) is 1.83. The van der Waals surface area contributed by atoms with E-state index in [0.29, 0.717) is 17.8 Å². The van der Waals surface area contributed by atoms with E-state index in [-0.39, 0.29) is 5.41 Å². The molecule has 3 unspecified atom stereocenters. The Hall–Kier alpha value is -4.69. The van der Waals surface area contributed by atoms with Crippen LogP contribution in [0.1, 0.15) is 57.1 Å². The number of nitrogens with zero attached hydrogens (tertiary/aromatic N) is 2. The molecule has 3 aromatic carbocycles. The monoisotopic (exact) mass is 608 g/mol. The predicted molar refractivity (Wildman–Crippen MR) is 196 cm³/mol. The van der Waals surface area contributed by atoms with Crippen molar-refractivity contribution < 1.29 is 0 Å². The molecule has 0 amide bonds. The van der Waals surface area contributed by atoms with Crippen molar-refractivity contribution in [1.82, 2.24) is 9.38 Å². The molecular weight excluding hydrogens is 569 g/mol. The number of imidazole rings is 1. The Labute approximate surface area is 276 Å². The van der Waals surface area contributed by atoms with Gasteiger partial charge >= 0.3 is 0 Å². The van der Waals surface area contributed by atoms with Gasteiger partial charge in [-0.05, 0) is 121 Å². The van der Waals surface area contributed by atoms with E-state index in [2.05, 4.69) is 134 Å². The van der Waals surface area contributed by atoms with Crippen molar-refractivity contribution in [3.05, 3.63) is 147 Å². The van der Waals surface area contributed by atoms with E-state index in [4.69, 9.17) is 4.98 Å². The zero-order valence-corrected chi connectivity index (χ0v) is 27.3. The van der Waals surface area contributed by atoms with E-state index in [1.807, 2.05) is 0 Å². The molecule has 0 N–H and O–H groups in total. The standard InChI is InChI=1S/C45H40N2/c1-3-4-26-45-28(2)41(33-18-7-8-19-35(33)43(45)42(45)34-20-13-15-29-14-5-6-16-31(29)34)30-24-25-36-37(27-30)32-17-9-11-22-39(32)47-40-23-12-10-21-38(40)46-44(36)47/h3-12,14-18,21-23,27,35,42-43H,13,19-20,24-26H2,1-2H3/b4-3-/t35?,42?,43-,45?/m1/s1. The largest absolute Gasteiger partial charge is 0.292 e. The Morgan fingerprint density at radius 3 is 2.68 bits per heavy atom. The first kappa shape index (κ1) is 27.4. The summed E-state index contributed by atoms with van der Waals surface area (Å²) in [5.41, 5.74) is 15.6. The average Bonchev–Trinajstić information content (AvgIpc) is 3.65. The van der Waals surface area contributed by atoms with Crippen molar-refractivity contribution in [3.63, 3.8) is 0 Å². The molecule has 10 rings (SSSR count). The lowest BCUT2D eigenvalue weighted by Crippen LogP contribution is -2.30. The van der Waals surface area contributed by atoms with Crippen LogP contribution in [0.3, 0.4) is 0 Å². The van der Waals surface area contributed by atoms with Gasteiger partial charge in [0.05, 0.1) is 16.6 Å². The summed E-state index contributed by atoms with van der Waals surface area (Å²) in [5, 5.41) is 4.28. The molecule has 4 atom stereocenters. The lowest BCUT2D eigenvalue weighted by atomic mass is 9.67. The Bertz CT molecular complexity index is 2460. The van der Waals surface area contributed by atoms with Crippen LogP contribution in [-0.2, 0) is 6.42 Å². The van der Waals surface area contributed by atoms with Crippen LogP contribution < -0.4 is 10.4 Å². The van der Waals surface area contributed by atoms with E-state index in [1.165, 1.54) is 50.0 Å². The lowest BCUT2D eigenvalue weighted by Gasteiger charge is -2.37. The van der Waals surface area contributed by atoms with Gasteiger partial charge in [-0.3, -0.25) is 4.40 Å². The normalized spacial score (nSPS) is 26.2. The number of hydrogen-bond acceptors (Lipinski definition) is 1. The first-order valence-corrected chi connectivity index (χ1v) is 17.7. The van der Waals surface area contributed by atoms with Crippen molar-refractivity contribution in [2.45, 2.75) is 52.4 Å². The molecule has 2 heteroatoms. The minimum Gasteiger partial charge on any atom is -0.292 e. The third kappa shape index (κ3) is 3.70. The molecule has 47 heavy (non-hydrogen) atoms. The van der Waals surface area contributed by atoms with Gasteiger partial charge in [-0.1, -0.05) is 108 Å². The van der Waals surface area contributed by atoms with Crippen LogP contribution in [0.25, 0.3) is 45.3 Å². The average molecular weight is 609 g/mol. The second-order valence-electron chi connectivity index (χ2n) is 14.4. The van der Waals surface area contributed by atoms with Crippen LogP contribution in [-0.4, -0.2) is 9.38 Å². The van der Waals surface area contributed by atoms with Gasteiger partial charge in [0.1, 0.15) is 5.65 Å². The Balaban J connectivity index is 1.22. The van der Waals surface area contributed by atoms with E-state index >= 15 is 0 Å². The highest BCUT2D eigenvalue weighted by molar-refractivity contribution is 5.99. The number of hydrogen-bond donors (Lipinski definition) is 0. The first-order valence-electron chi connectivity index (χ1n) is 17.7. The maximum absolute atomic E-state index is 5.23. The summed E-state index contributed by atoms with van der Waals surface area (Å²) in [7, 11) is 0. The summed E-state index contributed by atoms with van der Waals surface area (Å²) in [6.45, 7) is 4.71. The second-order valence-corrected chi connectivity index (χ2v) is 14.4. The lowest BCUT2D eigenvalue weighted by molar-refractivity contribution is 0.415.